The van der Waals surface area contributed by atoms with E-state index in [0.717, 1.165) is 12.2 Å². The average Bonchev–Trinajstić information content (AvgIpc) is 2.67. The van der Waals surface area contributed by atoms with Crippen LogP contribution in [0.5, 0.6) is 0 Å². The average molecular weight is 264 g/mol. The first-order valence-electron chi connectivity index (χ1n) is 6.91. The minimum Gasteiger partial charge on any atom is -0.389 e. The van der Waals surface area contributed by atoms with Gasteiger partial charge in [-0.1, -0.05) is 26.0 Å². The summed E-state index contributed by atoms with van der Waals surface area (Å²) < 4.78 is 0. The number of aryl methyl sites for hydroxylation is 1. The molecule has 1 aromatic rings. The van der Waals surface area contributed by atoms with Gasteiger partial charge in [0.05, 0.1) is 12.2 Å². The van der Waals surface area contributed by atoms with Gasteiger partial charge in [0.15, 0.2) is 0 Å². The van der Waals surface area contributed by atoms with Crippen LogP contribution in [0, 0.1) is 6.92 Å². The molecular weight excluding hydrogens is 240 g/mol. The molecule has 4 heteroatoms. The Kier molecular flexibility index (Phi) is 4.45. The summed E-state index contributed by atoms with van der Waals surface area (Å²) >= 11 is 0. The lowest BCUT2D eigenvalue weighted by atomic mass is 10.1. The van der Waals surface area contributed by atoms with E-state index in [1.165, 1.54) is 11.1 Å². The summed E-state index contributed by atoms with van der Waals surface area (Å²) in [6.07, 6.45) is -1.27. The number of anilines is 1. The van der Waals surface area contributed by atoms with Crippen molar-refractivity contribution in [1.82, 2.24) is 5.32 Å². The van der Waals surface area contributed by atoms with Gasteiger partial charge in [0.25, 0.3) is 0 Å². The highest BCUT2D eigenvalue weighted by Gasteiger charge is 2.30. The summed E-state index contributed by atoms with van der Waals surface area (Å²) in [5.74, 6) is 0. The lowest BCUT2D eigenvalue weighted by molar-refractivity contribution is 0.0572. The highest BCUT2D eigenvalue weighted by atomic mass is 16.3. The van der Waals surface area contributed by atoms with Crippen LogP contribution in [0.25, 0.3) is 0 Å². The molecule has 4 nitrogen and oxygen atoms in total. The molecule has 106 valence electrons. The summed E-state index contributed by atoms with van der Waals surface area (Å²) in [5.41, 5.74) is 3.54. The van der Waals surface area contributed by atoms with Gasteiger partial charge in [0, 0.05) is 31.4 Å². The normalized spacial score (nSPS) is 23.4. The molecule has 2 atom stereocenters. The van der Waals surface area contributed by atoms with Gasteiger partial charge in [0.1, 0.15) is 0 Å². The number of rotatable bonds is 4. The molecule has 2 rings (SSSR count). The first-order chi connectivity index (χ1) is 8.97. The molecule has 1 aliphatic rings. The largest absolute Gasteiger partial charge is 0.389 e. The van der Waals surface area contributed by atoms with Crippen molar-refractivity contribution in [1.29, 1.82) is 0 Å². The zero-order valence-electron chi connectivity index (χ0n) is 11.9. The van der Waals surface area contributed by atoms with Crippen LogP contribution in [0.3, 0.4) is 0 Å². The third-order valence-electron chi connectivity index (χ3n) is 3.58. The van der Waals surface area contributed by atoms with Gasteiger partial charge in [-0.2, -0.15) is 0 Å². The predicted molar refractivity (Wildman–Crippen MR) is 77.4 cm³/mol. The third-order valence-corrected chi connectivity index (χ3v) is 3.58. The van der Waals surface area contributed by atoms with Gasteiger partial charge in [-0.25, -0.2) is 0 Å². The molecule has 0 aliphatic carbocycles. The van der Waals surface area contributed by atoms with Crippen molar-refractivity contribution in [2.24, 2.45) is 0 Å². The second-order valence-corrected chi connectivity index (χ2v) is 5.70. The van der Waals surface area contributed by atoms with Crippen molar-refractivity contribution < 1.29 is 10.2 Å². The Morgan fingerprint density at radius 2 is 1.89 bits per heavy atom. The zero-order chi connectivity index (χ0) is 14.0. The van der Waals surface area contributed by atoms with Gasteiger partial charge in [-0.05, 0) is 24.1 Å². The van der Waals surface area contributed by atoms with Gasteiger partial charge in [-0.3, -0.25) is 0 Å². The quantitative estimate of drug-likeness (QED) is 0.760. The summed E-state index contributed by atoms with van der Waals surface area (Å²) in [4.78, 5) is 2.05. The Balaban J connectivity index is 2.07. The highest BCUT2D eigenvalue weighted by molar-refractivity contribution is 5.55. The van der Waals surface area contributed by atoms with Gasteiger partial charge >= 0.3 is 0 Å². The molecule has 3 N–H and O–H groups in total. The minimum atomic E-state index is -0.637. The van der Waals surface area contributed by atoms with Crippen molar-refractivity contribution >= 4 is 5.69 Å². The fourth-order valence-corrected chi connectivity index (χ4v) is 2.47. The smallest absolute Gasteiger partial charge is 0.0990 e. The van der Waals surface area contributed by atoms with Crippen molar-refractivity contribution in [3.05, 3.63) is 29.3 Å². The van der Waals surface area contributed by atoms with E-state index in [1.54, 1.807) is 0 Å². The fraction of sp³-hybridized carbons (Fsp3) is 0.600. The van der Waals surface area contributed by atoms with E-state index in [1.807, 2.05) is 4.90 Å². The van der Waals surface area contributed by atoms with Crippen LogP contribution in [-0.4, -0.2) is 41.6 Å². The molecule has 1 aromatic carbocycles. The second kappa shape index (κ2) is 5.90. The first kappa shape index (κ1) is 14.3. The molecule has 0 amide bonds. The van der Waals surface area contributed by atoms with Crippen molar-refractivity contribution in [3.8, 4) is 0 Å². The Morgan fingerprint density at radius 1 is 1.26 bits per heavy atom. The van der Waals surface area contributed by atoms with Crippen LogP contribution >= 0.6 is 0 Å². The van der Waals surface area contributed by atoms with Gasteiger partial charge < -0.3 is 20.4 Å². The molecule has 0 radical (unpaired) electrons. The van der Waals surface area contributed by atoms with Crippen LogP contribution in [0.15, 0.2) is 18.2 Å². The van der Waals surface area contributed by atoms with Crippen LogP contribution in [-0.2, 0) is 6.54 Å². The lowest BCUT2D eigenvalue weighted by Gasteiger charge is -2.21. The monoisotopic (exact) mass is 264 g/mol. The maximum atomic E-state index is 9.62. The number of aliphatic hydroxyl groups is 2. The van der Waals surface area contributed by atoms with Crippen LogP contribution in [0.4, 0.5) is 5.69 Å². The van der Waals surface area contributed by atoms with Crippen molar-refractivity contribution in [2.45, 2.75) is 45.6 Å². The zero-order valence-corrected chi connectivity index (χ0v) is 11.9. The van der Waals surface area contributed by atoms with Gasteiger partial charge in [-0.15, -0.1) is 0 Å². The summed E-state index contributed by atoms with van der Waals surface area (Å²) in [6, 6.07) is 6.83. The molecule has 0 spiro atoms. The van der Waals surface area contributed by atoms with E-state index in [4.69, 9.17) is 0 Å². The Bertz CT molecular complexity index is 424. The van der Waals surface area contributed by atoms with E-state index in [-0.39, 0.29) is 0 Å². The number of hydrogen-bond acceptors (Lipinski definition) is 4. The molecule has 2 unspecified atom stereocenters. The SMILES string of the molecule is Cc1cc(CNC(C)C)ccc1N1CC(O)C(O)C1. The van der Waals surface area contributed by atoms with E-state index in [2.05, 4.69) is 44.3 Å². The molecular formula is C15H24N2O2. The molecule has 0 aromatic heterocycles. The standard InChI is InChI=1S/C15H24N2O2/c1-10(2)16-7-12-4-5-13(11(3)6-12)17-8-14(18)15(19)9-17/h4-6,10,14-16,18-19H,7-9H2,1-3H3. The van der Waals surface area contributed by atoms with E-state index >= 15 is 0 Å². The molecule has 1 aliphatic heterocycles. The van der Waals surface area contributed by atoms with Crippen LogP contribution in [0.1, 0.15) is 25.0 Å². The molecule has 1 fully saturated rings. The Morgan fingerprint density at radius 3 is 2.42 bits per heavy atom. The number of β-amino-alcohol motifs (C(OH)–C–C–N with tert-alkyl or cyclic N) is 2. The van der Waals surface area contributed by atoms with Crippen LogP contribution < -0.4 is 10.2 Å². The number of hydrogen-bond donors (Lipinski definition) is 3. The molecule has 1 saturated heterocycles. The molecule has 0 saturated carbocycles. The fourth-order valence-electron chi connectivity index (χ4n) is 2.47. The Hall–Kier alpha value is -1.10. The summed E-state index contributed by atoms with van der Waals surface area (Å²) in [5, 5.41) is 22.6. The maximum Gasteiger partial charge on any atom is 0.0990 e. The lowest BCUT2D eigenvalue weighted by Crippen LogP contribution is -2.23. The van der Waals surface area contributed by atoms with Crippen molar-refractivity contribution in [2.75, 3.05) is 18.0 Å². The maximum absolute atomic E-state index is 9.62. The van der Waals surface area contributed by atoms with E-state index in [9.17, 15) is 10.2 Å². The topological polar surface area (TPSA) is 55.7 Å². The number of nitrogens with zero attached hydrogens (tertiary/aromatic N) is 1. The highest BCUT2D eigenvalue weighted by Crippen LogP contribution is 2.25. The number of aliphatic hydroxyl groups excluding tert-OH is 2. The number of nitrogens with one attached hydrogen (secondary N) is 1. The molecule has 19 heavy (non-hydrogen) atoms. The minimum absolute atomic E-state index is 0.476. The molecule has 1 heterocycles. The molecule has 0 bridgehead atoms. The van der Waals surface area contributed by atoms with E-state index < -0.39 is 12.2 Å². The summed E-state index contributed by atoms with van der Waals surface area (Å²) in [7, 11) is 0. The van der Waals surface area contributed by atoms with E-state index in [0.29, 0.717) is 19.1 Å². The summed E-state index contributed by atoms with van der Waals surface area (Å²) in [6.45, 7) is 8.22. The third kappa shape index (κ3) is 3.47. The first-order valence-corrected chi connectivity index (χ1v) is 6.91. The number of benzene rings is 1. The Labute approximate surface area is 115 Å². The van der Waals surface area contributed by atoms with Gasteiger partial charge in [0.2, 0.25) is 0 Å². The second-order valence-electron chi connectivity index (χ2n) is 5.70. The van der Waals surface area contributed by atoms with Crippen molar-refractivity contribution in [3.63, 3.8) is 0 Å². The van der Waals surface area contributed by atoms with Crippen LogP contribution in [0.2, 0.25) is 0 Å². The predicted octanol–water partition coefficient (Wildman–Crippen LogP) is 1.03.